The number of rotatable bonds is 4. The van der Waals surface area contributed by atoms with Crippen molar-refractivity contribution < 1.29 is 26.1 Å². The molecular weight excluding hydrogens is 415 g/mol. The third-order valence-corrected chi connectivity index (χ3v) is 5.72. The molecule has 0 bridgehead atoms. The Morgan fingerprint density at radius 1 is 1.11 bits per heavy atom. The van der Waals surface area contributed by atoms with Gasteiger partial charge in [-0.05, 0) is 47.6 Å². The van der Waals surface area contributed by atoms with E-state index in [1.54, 1.807) is 18.2 Å². The monoisotopic (exact) mass is 429 g/mol. The van der Waals surface area contributed by atoms with E-state index in [1.807, 2.05) is 0 Å². The average Bonchev–Trinajstić information content (AvgIpc) is 3.07. The normalized spacial score (nSPS) is 13.5. The fourth-order valence-electron chi connectivity index (χ4n) is 2.53. The second-order valence-electron chi connectivity index (χ2n) is 5.85. The van der Waals surface area contributed by atoms with Gasteiger partial charge < -0.3 is 4.55 Å². The quantitative estimate of drug-likeness (QED) is 0.645. The first-order chi connectivity index (χ1) is 13.0. The lowest BCUT2D eigenvalue weighted by Crippen LogP contribution is -2.12. The van der Waals surface area contributed by atoms with E-state index in [2.05, 4.69) is 5.10 Å². The standard InChI is InChI=1S/C17H14F3N3O3S2/c1-27(24)13-4-2-3-11(9-13)15-10-16(17(18,19)20)22-23(15)12-5-7-14(8-6-12)28(21,25)26/h2-10H,1H3,(H2,21,25,26). The molecule has 1 aromatic heterocycles. The molecule has 0 radical (unpaired) electrons. The Labute approximate surface area is 162 Å². The summed E-state index contributed by atoms with van der Waals surface area (Å²) in [6.45, 7) is 0. The molecule has 0 fully saturated rings. The van der Waals surface area contributed by atoms with Crippen LogP contribution in [-0.4, -0.2) is 29.0 Å². The van der Waals surface area contributed by atoms with Gasteiger partial charge in [-0.3, -0.25) is 0 Å². The van der Waals surface area contributed by atoms with Gasteiger partial charge in [-0.15, -0.1) is 0 Å². The first kappa shape index (κ1) is 20.4. The van der Waals surface area contributed by atoms with Gasteiger partial charge in [-0.25, -0.2) is 18.2 Å². The molecule has 0 aliphatic heterocycles. The Balaban J connectivity index is 2.18. The minimum absolute atomic E-state index is 0.114. The fraction of sp³-hybridized carbons (Fsp3) is 0.118. The zero-order valence-electron chi connectivity index (χ0n) is 14.3. The largest absolute Gasteiger partial charge is 0.612 e. The number of aromatic nitrogens is 2. The lowest BCUT2D eigenvalue weighted by molar-refractivity contribution is -0.141. The van der Waals surface area contributed by atoms with Crippen LogP contribution >= 0.6 is 0 Å². The third kappa shape index (κ3) is 4.22. The molecule has 0 aliphatic carbocycles. The molecule has 0 aliphatic rings. The van der Waals surface area contributed by atoms with Crippen molar-refractivity contribution in [2.75, 3.05) is 6.26 Å². The molecule has 1 heterocycles. The van der Waals surface area contributed by atoms with Crippen LogP contribution in [-0.2, 0) is 27.4 Å². The zero-order chi connectivity index (χ0) is 20.7. The summed E-state index contributed by atoms with van der Waals surface area (Å²) >= 11 is -1.32. The molecule has 2 N–H and O–H groups in total. The molecule has 2 aromatic carbocycles. The average molecular weight is 429 g/mol. The number of primary sulfonamides is 1. The van der Waals surface area contributed by atoms with E-state index < -0.39 is 33.1 Å². The number of nitrogens with two attached hydrogens (primary N) is 1. The van der Waals surface area contributed by atoms with Crippen LogP contribution in [0.5, 0.6) is 0 Å². The summed E-state index contributed by atoms with van der Waals surface area (Å²) in [7, 11) is -3.94. The highest BCUT2D eigenvalue weighted by molar-refractivity contribution is 7.90. The Kier molecular flexibility index (Phi) is 5.28. The van der Waals surface area contributed by atoms with Crippen molar-refractivity contribution >= 4 is 21.2 Å². The van der Waals surface area contributed by atoms with Gasteiger partial charge in [0.05, 0.1) is 16.3 Å². The maximum Gasteiger partial charge on any atom is 0.435 e. The minimum Gasteiger partial charge on any atom is -0.612 e. The van der Waals surface area contributed by atoms with E-state index >= 15 is 0 Å². The number of halogens is 3. The lowest BCUT2D eigenvalue weighted by Gasteiger charge is -2.10. The van der Waals surface area contributed by atoms with Crippen LogP contribution in [0, 0.1) is 0 Å². The van der Waals surface area contributed by atoms with Crippen molar-refractivity contribution in [2.45, 2.75) is 16.0 Å². The van der Waals surface area contributed by atoms with Crippen molar-refractivity contribution in [3.63, 3.8) is 0 Å². The molecule has 1 unspecified atom stereocenters. The summed E-state index contributed by atoms with van der Waals surface area (Å²) in [5, 5.41) is 8.67. The second-order valence-corrected chi connectivity index (χ2v) is 8.79. The van der Waals surface area contributed by atoms with E-state index in [1.165, 1.54) is 36.6 Å². The van der Waals surface area contributed by atoms with Crippen LogP contribution in [0.1, 0.15) is 5.69 Å². The first-order valence-electron chi connectivity index (χ1n) is 7.71. The van der Waals surface area contributed by atoms with Crippen molar-refractivity contribution in [1.29, 1.82) is 0 Å². The highest BCUT2D eigenvalue weighted by atomic mass is 32.2. The van der Waals surface area contributed by atoms with Crippen molar-refractivity contribution in [2.24, 2.45) is 5.14 Å². The zero-order valence-corrected chi connectivity index (χ0v) is 16.0. The van der Waals surface area contributed by atoms with Crippen molar-refractivity contribution in [1.82, 2.24) is 9.78 Å². The van der Waals surface area contributed by atoms with Gasteiger partial charge in [0.25, 0.3) is 0 Å². The van der Waals surface area contributed by atoms with Gasteiger partial charge in [-0.2, -0.15) is 18.3 Å². The molecule has 28 heavy (non-hydrogen) atoms. The Morgan fingerprint density at radius 2 is 1.75 bits per heavy atom. The number of alkyl halides is 3. The molecular formula is C17H14F3N3O3S2. The fourth-order valence-corrected chi connectivity index (χ4v) is 3.61. The smallest absolute Gasteiger partial charge is 0.435 e. The van der Waals surface area contributed by atoms with Gasteiger partial charge in [-0.1, -0.05) is 12.1 Å². The summed E-state index contributed by atoms with van der Waals surface area (Å²) in [4.78, 5) is 0.271. The number of sulfonamides is 1. The minimum atomic E-state index is -4.67. The molecule has 3 rings (SSSR count). The number of hydrogen-bond acceptors (Lipinski definition) is 4. The summed E-state index contributed by atoms with van der Waals surface area (Å²) in [6.07, 6.45) is -3.21. The molecule has 0 saturated heterocycles. The summed E-state index contributed by atoms with van der Waals surface area (Å²) in [5.41, 5.74) is -0.406. The van der Waals surface area contributed by atoms with Crippen LogP contribution < -0.4 is 5.14 Å². The van der Waals surface area contributed by atoms with Gasteiger partial charge >= 0.3 is 6.18 Å². The van der Waals surface area contributed by atoms with Gasteiger partial charge in [0.15, 0.2) is 10.6 Å². The summed E-state index contributed by atoms with van der Waals surface area (Å²) < 4.78 is 75.2. The maximum absolute atomic E-state index is 13.2. The van der Waals surface area contributed by atoms with E-state index in [9.17, 15) is 26.1 Å². The van der Waals surface area contributed by atoms with E-state index in [-0.39, 0.29) is 16.3 Å². The molecule has 11 heteroatoms. The van der Waals surface area contributed by atoms with E-state index in [0.717, 1.165) is 10.7 Å². The summed E-state index contributed by atoms with van der Waals surface area (Å²) in [5.74, 6) is 0. The van der Waals surface area contributed by atoms with Gasteiger partial charge in [0, 0.05) is 11.6 Å². The van der Waals surface area contributed by atoms with Crippen LogP contribution in [0.25, 0.3) is 16.9 Å². The number of benzene rings is 2. The molecule has 6 nitrogen and oxygen atoms in total. The molecule has 148 valence electrons. The van der Waals surface area contributed by atoms with Crippen LogP contribution in [0.3, 0.4) is 0 Å². The molecule has 3 aromatic rings. The van der Waals surface area contributed by atoms with E-state index in [4.69, 9.17) is 5.14 Å². The number of nitrogens with zero attached hydrogens (tertiary/aromatic N) is 2. The van der Waals surface area contributed by atoms with Crippen molar-refractivity contribution in [3.8, 4) is 16.9 Å². The Hall–Kier alpha value is -2.34. The summed E-state index contributed by atoms with van der Waals surface area (Å²) in [6, 6.07) is 12.1. The molecule has 0 saturated carbocycles. The predicted molar refractivity (Wildman–Crippen MR) is 97.7 cm³/mol. The molecule has 0 amide bonds. The Bertz CT molecular complexity index is 1110. The van der Waals surface area contributed by atoms with E-state index in [0.29, 0.717) is 10.5 Å². The lowest BCUT2D eigenvalue weighted by atomic mass is 10.1. The van der Waals surface area contributed by atoms with Crippen molar-refractivity contribution in [3.05, 3.63) is 60.3 Å². The molecule has 0 spiro atoms. The topological polar surface area (TPSA) is 101 Å². The second kappa shape index (κ2) is 7.24. The highest BCUT2D eigenvalue weighted by Gasteiger charge is 2.35. The van der Waals surface area contributed by atoms with Gasteiger partial charge in [0.1, 0.15) is 6.26 Å². The predicted octanol–water partition coefficient (Wildman–Crippen LogP) is 2.94. The first-order valence-corrected chi connectivity index (χ1v) is 10.8. The van der Waals surface area contributed by atoms with Crippen LogP contribution in [0.2, 0.25) is 0 Å². The Morgan fingerprint density at radius 3 is 2.29 bits per heavy atom. The third-order valence-electron chi connectivity index (χ3n) is 3.87. The van der Waals surface area contributed by atoms with Crippen LogP contribution in [0.15, 0.2) is 64.4 Å². The SMILES string of the molecule is C[S+]([O-])c1cccc(-c2cc(C(F)(F)F)nn2-c2ccc(S(N)(=O)=O)cc2)c1. The molecule has 1 atom stereocenters. The van der Waals surface area contributed by atoms with Gasteiger partial charge in [0.2, 0.25) is 10.0 Å². The maximum atomic E-state index is 13.2. The number of hydrogen-bond donors (Lipinski definition) is 1. The van der Waals surface area contributed by atoms with Crippen LogP contribution in [0.4, 0.5) is 13.2 Å². The highest BCUT2D eigenvalue weighted by Crippen LogP contribution is 2.34.